The van der Waals surface area contributed by atoms with Gasteiger partial charge in [-0.1, -0.05) is 11.6 Å². The number of benzene rings is 2. The molecule has 4 atom stereocenters. The van der Waals surface area contributed by atoms with Gasteiger partial charge in [0, 0.05) is 11.5 Å². The van der Waals surface area contributed by atoms with Crippen LogP contribution in [0.2, 0.25) is 5.02 Å². The molecule has 0 amide bonds. The number of rotatable bonds is 10. The molecule has 0 fully saturated rings. The van der Waals surface area contributed by atoms with E-state index in [1.165, 1.54) is 19.2 Å². The highest BCUT2D eigenvalue weighted by molar-refractivity contribution is 6.31. The Morgan fingerprint density at radius 1 is 1.06 bits per heavy atom. The molecule has 0 spiro atoms. The maximum atomic E-state index is 14.3. The van der Waals surface area contributed by atoms with E-state index >= 15 is 0 Å². The fourth-order valence-electron chi connectivity index (χ4n) is 3.09. The standard InChI is InChI=1S/C21H21ClF3N3O6/c1-33-14-4-9-13(5-15(14)34-16(7-30)20(32)19(31)11(24)6-29)26-8-27-21(9)28-12-3-2-10(23)17(22)18(12)25/h2-5,8,11,16,19-20,29-32H,6-7H2,1H3,(H,26,27,28)/t11-,16-,19+,20+/m1/s1. The third kappa shape index (κ3) is 5.26. The lowest BCUT2D eigenvalue weighted by Crippen LogP contribution is -2.48. The van der Waals surface area contributed by atoms with Crippen LogP contribution in [0.1, 0.15) is 0 Å². The molecule has 0 aliphatic heterocycles. The van der Waals surface area contributed by atoms with Crippen molar-refractivity contribution in [1.82, 2.24) is 9.97 Å². The van der Waals surface area contributed by atoms with Crippen molar-refractivity contribution in [3.05, 3.63) is 47.2 Å². The van der Waals surface area contributed by atoms with Gasteiger partial charge in [0.05, 0.1) is 31.5 Å². The van der Waals surface area contributed by atoms with Gasteiger partial charge in [-0.25, -0.2) is 23.1 Å². The summed E-state index contributed by atoms with van der Waals surface area (Å²) in [6.45, 7) is -1.85. The highest BCUT2D eigenvalue weighted by Crippen LogP contribution is 2.36. The van der Waals surface area contributed by atoms with Crippen LogP contribution < -0.4 is 14.8 Å². The second-order valence-electron chi connectivity index (χ2n) is 7.11. The molecule has 1 aromatic heterocycles. The molecule has 13 heteroatoms. The molecule has 0 unspecified atom stereocenters. The van der Waals surface area contributed by atoms with Crippen LogP contribution in [-0.2, 0) is 0 Å². The van der Waals surface area contributed by atoms with Crippen LogP contribution in [0.15, 0.2) is 30.6 Å². The van der Waals surface area contributed by atoms with E-state index in [-0.39, 0.29) is 28.5 Å². The molecule has 2 aromatic carbocycles. The van der Waals surface area contributed by atoms with Crippen molar-refractivity contribution >= 4 is 34.0 Å². The first kappa shape index (κ1) is 25.7. The number of fused-ring (bicyclic) bond motifs is 1. The van der Waals surface area contributed by atoms with Gasteiger partial charge in [-0.2, -0.15) is 0 Å². The first-order valence-electron chi connectivity index (χ1n) is 9.83. The molecule has 0 aliphatic rings. The molecule has 1 heterocycles. The molecule has 5 N–H and O–H groups in total. The van der Waals surface area contributed by atoms with E-state index in [2.05, 4.69) is 15.3 Å². The quantitative estimate of drug-likeness (QED) is 0.263. The van der Waals surface area contributed by atoms with Gasteiger partial charge in [-0.3, -0.25) is 0 Å². The van der Waals surface area contributed by atoms with E-state index in [9.17, 15) is 28.5 Å². The van der Waals surface area contributed by atoms with Gasteiger partial charge in [-0.15, -0.1) is 0 Å². The maximum Gasteiger partial charge on any atom is 0.168 e. The van der Waals surface area contributed by atoms with Crippen LogP contribution in [0.4, 0.5) is 24.7 Å². The Hall–Kier alpha value is -2.90. The van der Waals surface area contributed by atoms with Crippen molar-refractivity contribution in [3.63, 3.8) is 0 Å². The average molecular weight is 504 g/mol. The summed E-state index contributed by atoms with van der Waals surface area (Å²) in [5.41, 5.74) is 0.111. The normalized spacial score (nSPS) is 15.0. The van der Waals surface area contributed by atoms with E-state index in [0.717, 1.165) is 18.5 Å². The van der Waals surface area contributed by atoms with Crippen LogP contribution in [0.5, 0.6) is 11.5 Å². The van der Waals surface area contributed by atoms with Gasteiger partial charge in [0.1, 0.15) is 35.2 Å². The molecular formula is C21H21ClF3N3O6. The van der Waals surface area contributed by atoms with E-state index in [0.29, 0.717) is 5.39 Å². The van der Waals surface area contributed by atoms with E-state index < -0.39 is 54.4 Å². The molecule has 9 nitrogen and oxygen atoms in total. The van der Waals surface area contributed by atoms with Crippen LogP contribution in [0, 0.1) is 11.6 Å². The first-order chi connectivity index (χ1) is 16.2. The van der Waals surface area contributed by atoms with Crippen LogP contribution in [0.25, 0.3) is 10.9 Å². The Balaban J connectivity index is 1.96. The fourth-order valence-corrected chi connectivity index (χ4v) is 3.25. The number of aliphatic hydroxyl groups is 4. The Morgan fingerprint density at radius 3 is 2.44 bits per heavy atom. The van der Waals surface area contributed by atoms with Gasteiger partial charge in [0.25, 0.3) is 0 Å². The zero-order chi connectivity index (χ0) is 25.0. The minimum Gasteiger partial charge on any atom is -0.493 e. The molecule has 0 saturated heterocycles. The smallest absolute Gasteiger partial charge is 0.168 e. The second-order valence-corrected chi connectivity index (χ2v) is 7.49. The van der Waals surface area contributed by atoms with Crippen LogP contribution in [0.3, 0.4) is 0 Å². The van der Waals surface area contributed by atoms with E-state index in [4.69, 9.17) is 26.2 Å². The number of halogens is 4. The number of nitrogens with one attached hydrogen (secondary N) is 1. The minimum atomic E-state index is -2.16. The molecular weight excluding hydrogens is 483 g/mol. The molecule has 0 saturated carbocycles. The maximum absolute atomic E-state index is 14.3. The Morgan fingerprint density at radius 2 is 1.79 bits per heavy atom. The molecule has 3 rings (SSSR count). The summed E-state index contributed by atoms with van der Waals surface area (Å²) in [5, 5.41) is 40.7. The Bertz CT molecular complexity index is 1160. The summed E-state index contributed by atoms with van der Waals surface area (Å²) >= 11 is 5.62. The summed E-state index contributed by atoms with van der Waals surface area (Å²) in [6.07, 6.45) is -6.40. The number of hydrogen-bond donors (Lipinski definition) is 5. The Labute approximate surface area is 196 Å². The van der Waals surface area contributed by atoms with E-state index in [1.54, 1.807) is 0 Å². The molecule has 3 aromatic rings. The number of hydrogen-bond acceptors (Lipinski definition) is 9. The molecule has 0 radical (unpaired) electrons. The summed E-state index contributed by atoms with van der Waals surface area (Å²) in [6, 6.07) is 4.90. The van der Waals surface area contributed by atoms with Gasteiger partial charge >= 0.3 is 0 Å². The number of anilines is 2. The number of aromatic nitrogens is 2. The van der Waals surface area contributed by atoms with Gasteiger partial charge in [0.15, 0.2) is 29.6 Å². The lowest BCUT2D eigenvalue weighted by molar-refractivity contribution is -0.0981. The highest BCUT2D eigenvalue weighted by atomic mass is 35.5. The minimum absolute atomic E-state index is 0.0274. The third-order valence-corrected chi connectivity index (χ3v) is 5.29. The summed E-state index contributed by atoms with van der Waals surface area (Å²) < 4.78 is 52.2. The number of aliphatic hydroxyl groups excluding tert-OH is 4. The number of nitrogens with zero attached hydrogens (tertiary/aromatic N) is 2. The lowest BCUT2D eigenvalue weighted by Gasteiger charge is -2.28. The predicted octanol–water partition coefficient (Wildman–Crippen LogP) is 2.11. The van der Waals surface area contributed by atoms with Crippen molar-refractivity contribution in [3.8, 4) is 11.5 Å². The van der Waals surface area contributed by atoms with Crippen molar-refractivity contribution < 1.29 is 43.1 Å². The highest BCUT2D eigenvalue weighted by Gasteiger charge is 2.34. The topological polar surface area (TPSA) is 137 Å². The lowest BCUT2D eigenvalue weighted by atomic mass is 10.0. The Kier molecular flexibility index (Phi) is 8.33. The third-order valence-electron chi connectivity index (χ3n) is 4.94. The van der Waals surface area contributed by atoms with Gasteiger partial charge in [-0.05, 0) is 18.2 Å². The number of ether oxygens (including phenoxy) is 2. The van der Waals surface area contributed by atoms with Gasteiger partial charge < -0.3 is 35.2 Å². The first-order valence-corrected chi connectivity index (χ1v) is 10.2. The SMILES string of the molecule is COc1cc2c(Nc3ccc(F)c(Cl)c3F)ncnc2cc1O[C@H](CO)[C@H](O)[C@@H](O)[C@H](F)CO. The molecule has 184 valence electrons. The second kappa shape index (κ2) is 11.0. The molecule has 0 aliphatic carbocycles. The summed E-state index contributed by atoms with van der Waals surface area (Å²) in [5.74, 6) is -1.78. The van der Waals surface area contributed by atoms with Crippen molar-refractivity contribution in [2.45, 2.75) is 24.5 Å². The molecule has 0 bridgehead atoms. The van der Waals surface area contributed by atoms with E-state index in [1.807, 2.05) is 0 Å². The number of alkyl halides is 1. The zero-order valence-corrected chi connectivity index (χ0v) is 18.4. The van der Waals surface area contributed by atoms with Gasteiger partial charge in [0.2, 0.25) is 0 Å². The van der Waals surface area contributed by atoms with Crippen molar-refractivity contribution in [2.75, 3.05) is 25.6 Å². The molecule has 34 heavy (non-hydrogen) atoms. The van der Waals surface area contributed by atoms with Crippen molar-refractivity contribution in [1.29, 1.82) is 0 Å². The predicted molar refractivity (Wildman–Crippen MR) is 116 cm³/mol. The number of methoxy groups -OCH3 is 1. The summed E-state index contributed by atoms with van der Waals surface area (Å²) in [4.78, 5) is 8.15. The summed E-state index contributed by atoms with van der Waals surface area (Å²) in [7, 11) is 1.30. The van der Waals surface area contributed by atoms with Crippen LogP contribution in [-0.4, -0.2) is 75.2 Å². The average Bonchev–Trinajstić information content (AvgIpc) is 2.85. The monoisotopic (exact) mass is 503 g/mol. The van der Waals surface area contributed by atoms with Crippen LogP contribution >= 0.6 is 11.6 Å². The fraction of sp³-hybridized carbons (Fsp3) is 0.333. The largest absolute Gasteiger partial charge is 0.493 e. The van der Waals surface area contributed by atoms with Crippen molar-refractivity contribution in [2.24, 2.45) is 0 Å². The zero-order valence-electron chi connectivity index (χ0n) is 17.6.